The molecule has 0 nitrogen and oxygen atoms in total. The summed E-state index contributed by atoms with van der Waals surface area (Å²) in [6.07, 6.45) is 0. The van der Waals surface area contributed by atoms with E-state index in [4.69, 9.17) is 0 Å². The third-order valence-corrected chi connectivity index (χ3v) is 13.9. The first-order valence-corrected chi connectivity index (χ1v) is 20.4. The van der Waals surface area contributed by atoms with Crippen LogP contribution in [0.3, 0.4) is 0 Å². The van der Waals surface area contributed by atoms with E-state index < -0.39 is 0 Å². The van der Waals surface area contributed by atoms with Gasteiger partial charge in [-0.3, -0.25) is 0 Å². The van der Waals surface area contributed by atoms with Crippen molar-refractivity contribution >= 4 is 74.6 Å². The van der Waals surface area contributed by atoms with Crippen molar-refractivity contribution in [3.63, 3.8) is 0 Å². The summed E-state index contributed by atoms with van der Waals surface area (Å²) in [6.45, 7) is 4.78. The Morgan fingerprint density at radius 1 is 0.357 bits per heavy atom. The Morgan fingerprint density at radius 2 is 0.911 bits per heavy atom. The molecule has 0 atom stereocenters. The van der Waals surface area contributed by atoms with Crippen LogP contribution in [0, 0.1) is 0 Å². The number of rotatable bonds is 3. The maximum atomic E-state index is 2.46. The summed E-state index contributed by atoms with van der Waals surface area (Å²) in [5, 5.41) is 13.0. The molecule has 1 heterocycles. The quantitative estimate of drug-likeness (QED) is 0.159. The molecule has 0 aliphatic heterocycles. The molecule has 0 N–H and O–H groups in total. The molecule has 0 radical (unpaired) electrons. The van der Waals surface area contributed by atoms with Crippen molar-refractivity contribution in [2.45, 2.75) is 19.3 Å². The van der Waals surface area contributed by atoms with E-state index in [1.165, 1.54) is 119 Å². The molecular weight excluding hydrogens is 693 g/mol. The van der Waals surface area contributed by atoms with Gasteiger partial charge in [-0.05, 0) is 105 Å². The van der Waals surface area contributed by atoms with Crippen molar-refractivity contribution < 1.29 is 0 Å². The molecule has 0 saturated heterocycles. The number of hydrogen-bond acceptors (Lipinski definition) is 1. The standard InChI is InChI=1S/C55H36S/c1-55(2)47-29-26-37(32-46(47)53-48(55)30-28-45-52-39-16-6-4-13-35(39)27-31-49(52)56-54(45)53)33-22-24-36(25-23-33)50-41-17-7-9-19-43(41)51(44-20-10-8-18-42(44)50)40-21-11-14-34-12-3-5-15-38(34)40/h3-32H,1-2H3. The van der Waals surface area contributed by atoms with Gasteiger partial charge in [0.25, 0.3) is 0 Å². The monoisotopic (exact) mass is 728 g/mol. The average molecular weight is 729 g/mol. The second-order valence-electron chi connectivity index (χ2n) is 16.0. The molecule has 12 rings (SSSR count). The summed E-state index contributed by atoms with van der Waals surface area (Å²) in [5.41, 5.74) is 13.1. The predicted octanol–water partition coefficient (Wildman–Crippen LogP) is 16.0. The lowest BCUT2D eigenvalue weighted by atomic mass is 9.82. The minimum Gasteiger partial charge on any atom is -0.134 e. The summed E-state index contributed by atoms with van der Waals surface area (Å²) >= 11 is 1.95. The highest BCUT2D eigenvalue weighted by molar-refractivity contribution is 7.26. The van der Waals surface area contributed by atoms with E-state index in [1.807, 2.05) is 11.3 Å². The lowest BCUT2D eigenvalue weighted by molar-refractivity contribution is 0.661. The van der Waals surface area contributed by atoms with Gasteiger partial charge in [0.2, 0.25) is 0 Å². The first-order valence-electron chi connectivity index (χ1n) is 19.6. The van der Waals surface area contributed by atoms with Crippen molar-refractivity contribution in [2.24, 2.45) is 0 Å². The second-order valence-corrected chi connectivity index (χ2v) is 17.0. The Kier molecular flexibility index (Phi) is 6.66. The maximum absolute atomic E-state index is 2.46. The van der Waals surface area contributed by atoms with Gasteiger partial charge < -0.3 is 0 Å². The van der Waals surface area contributed by atoms with Crippen LogP contribution in [0.15, 0.2) is 182 Å². The molecule has 262 valence electrons. The molecule has 11 aromatic rings. The fraction of sp³-hybridized carbons (Fsp3) is 0.0545. The van der Waals surface area contributed by atoms with Gasteiger partial charge in [-0.25, -0.2) is 0 Å². The molecule has 1 aromatic heterocycles. The third kappa shape index (κ3) is 4.41. The Bertz CT molecular complexity index is 3370. The highest BCUT2D eigenvalue weighted by Crippen LogP contribution is 2.55. The Labute approximate surface area is 329 Å². The minimum atomic E-state index is -0.0696. The first kappa shape index (κ1) is 31.8. The lowest BCUT2D eigenvalue weighted by Crippen LogP contribution is -2.14. The number of benzene rings is 10. The number of hydrogen-bond donors (Lipinski definition) is 0. The molecule has 10 aromatic carbocycles. The van der Waals surface area contributed by atoms with Gasteiger partial charge in [-0.2, -0.15) is 0 Å². The summed E-state index contributed by atoms with van der Waals surface area (Å²) in [7, 11) is 0. The van der Waals surface area contributed by atoms with Crippen LogP contribution in [0.1, 0.15) is 25.0 Å². The van der Waals surface area contributed by atoms with Crippen LogP contribution in [0.25, 0.3) is 108 Å². The van der Waals surface area contributed by atoms with Gasteiger partial charge in [0, 0.05) is 31.2 Å². The molecule has 0 fully saturated rings. The molecule has 56 heavy (non-hydrogen) atoms. The summed E-state index contributed by atoms with van der Waals surface area (Å²) < 4.78 is 2.76. The lowest BCUT2D eigenvalue weighted by Gasteiger charge is -2.21. The Morgan fingerprint density at radius 3 is 1.62 bits per heavy atom. The van der Waals surface area contributed by atoms with E-state index in [1.54, 1.807) is 0 Å². The van der Waals surface area contributed by atoms with Gasteiger partial charge in [0.05, 0.1) is 0 Å². The van der Waals surface area contributed by atoms with Crippen LogP contribution in [-0.2, 0) is 5.41 Å². The van der Waals surface area contributed by atoms with Gasteiger partial charge in [-0.1, -0.05) is 184 Å². The zero-order chi connectivity index (χ0) is 37.1. The number of fused-ring (bicyclic) bond motifs is 12. The molecule has 0 bridgehead atoms. The molecule has 0 unspecified atom stereocenters. The van der Waals surface area contributed by atoms with Crippen molar-refractivity contribution in [1.82, 2.24) is 0 Å². The molecule has 1 aliphatic rings. The van der Waals surface area contributed by atoms with E-state index in [0.717, 1.165) is 0 Å². The van der Waals surface area contributed by atoms with Crippen LogP contribution < -0.4 is 0 Å². The van der Waals surface area contributed by atoms with Gasteiger partial charge in [0.15, 0.2) is 0 Å². The zero-order valence-corrected chi connectivity index (χ0v) is 32.0. The topological polar surface area (TPSA) is 0 Å². The molecule has 0 spiro atoms. The van der Waals surface area contributed by atoms with Crippen LogP contribution in [0.5, 0.6) is 0 Å². The molecular formula is C55H36S. The summed E-state index contributed by atoms with van der Waals surface area (Å²) in [6, 6.07) is 68.1. The van der Waals surface area contributed by atoms with E-state index in [0.29, 0.717) is 0 Å². The fourth-order valence-corrected chi connectivity index (χ4v) is 11.3. The van der Waals surface area contributed by atoms with Gasteiger partial charge >= 0.3 is 0 Å². The highest BCUT2D eigenvalue weighted by Gasteiger charge is 2.37. The SMILES string of the molecule is CC1(C)c2ccc(-c3ccc(-c4c5ccccc5c(-c5cccc6ccccc56)c5ccccc45)cc3)cc2-c2c1ccc1c2sc2ccc3ccccc3c21. The van der Waals surface area contributed by atoms with Crippen molar-refractivity contribution in [1.29, 1.82) is 0 Å². The highest BCUT2D eigenvalue weighted by atomic mass is 32.1. The molecule has 0 amide bonds. The third-order valence-electron chi connectivity index (χ3n) is 12.7. The molecule has 1 aliphatic carbocycles. The zero-order valence-electron chi connectivity index (χ0n) is 31.2. The summed E-state index contributed by atoms with van der Waals surface area (Å²) in [5.74, 6) is 0. The maximum Gasteiger partial charge on any atom is 0.0437 e. The first-order chi connectivity index (χ1) is 27.5. The Hall–Kier alpha value is -6.54. The van der Waals surface area contributed by atoms with Crippen molar-refractivity contribution in [2.75, 3.05) is 0 Å². The number of thiophene rings is 1. The summed E-state index contributed by atoms with van der Waals surface area (Å²) in [4.78, 5) is 0. The predicted molar refractivity (Wildman–Crippen MR) is 243 cm³/mol. The van der Waals surface area contributed by atoms with Gasteiger partial charge in [0.1, 0.15) is 0 Å². The normalized spacial score (nSPS) is 13.3. The van der Waals surface area contributed by atoms with Crippen LogP contribution in [-0.4, -0.2) is 0 Å². The van der Waals surface area contributed by atoms with E-state index >= 15 is 0 Å². The van der Waals surface area contributed by atoms with E-state index in [2.05, 4.69) is 196 Å². The fourth-order valence-electron chi connectivity index (χ4n) is 10.0. The molecule has 1 heteroatoms. The van der Waals surface area contributed by atoms with Crippen molar-refractivity contribution in [3.8, 4) is 44.5 Å². The van der Waals surface area contributed by atoms with E-state index in [-0.39, 0.29) is 5.41 Å². The molecule has 0 saturated carbocycles. The van der Waals surface area contributed by atoms with Crippen molar-refractivity contribution in [3.05, 3.63) is 193 Å². The second kappa shape index (κ2) is 11.7. The largest absolute Gasteiger partial charge is 0.134 e. The Balaban J connectivity index is 1.02. The van der Waals surface area contributed by atoms with Gasteiger partial charge in [-0.15, -0.1) is 11.3 Å². The van der Waals surface area contributed by atoms with E-state index in [9.17, 15) is 0 Å². The average Bonchev–Trinajstić information content (AvgIpc) is 3.74. The van der Waals surface area contributed by atoms with Crippen LogP contribution in [0.2, 0.25) is 0 Å². The minimum absolute atomic E-state index is 0.0696. The van der Waals surface area contributed by atoms with Crippen LogP contribution in [0.4, 0.5) is 0 Å². The van der Waals surface area contributed by atoms with Crippen LogP contribution >= 0.6 is 11.3 Å². The smallest absolute Gasteiger partial charge is 0.0437 e.